The van der Waals surface area contributed by atoms with Gasteiger partial charge in [0.2, 0.25) is 5.96 Å². The number of rotatable bonds is 3. The number of benzene rings is 2. The summed E-state index contributed by atoms with van der Waals surface area (Å²) in [6.45, 7) is 1.91. The van der Waals surface area contributed by atoms with Crippen LogP contribution in [0.5, 0.6) is 0 Å². The Hall–Kier alpha value is -3.06. The maximum atomic E-state index is 11.6. The van der Waals surface area contributed by atoms with Crippen molar-refractivity contribution in [3.63, 3.8) is 0 Å². The minimum absolute atomic E-state index is 0.100. The summed E-state index contributed by atoms with van der Waals surface area (Å²) in [7, 11) is 0. The zero-order chi connectivity index (χ0) is 21.9. The number of anilines is 2. The lowest BCUT2D eigenvalue weighted by Gasteiger charge is -2.31. The Kier molecular flexibility index (Phi) is 4.43. The van der Waals surface area contributed by atoms with Gasteiger partial charge < -0.3 is 20.7 Å². The van der Waals surface area contributed by atoms with Gasteiger partial charge in [-0.05, 0) is 66.6 Å². The monoisotopic (exact) mass is 449 g/mol. The Labute approximate surface area is 191 Å². The van der Waals surface area contributed by atoms with Gasteiger partial charge in [-0.3, -0.25) is 0 Å². The molecular weight excluding hydrogens is 426 g/mol. The molecule has 2 aromatic carbocycles. The topological polar surface area (TPSA) is 87.1 Å². The summed E-state index contributed by atoms with van der Waals surface area (Å²) in [6, 6.07) is 12.4. The molecule has 32 heavy (non-hydrogen) atoms. The van der Waals surface area contributed by atoms with Gasteiger partial charge in [0.05, 0.1) is 6.04 Å². The number of nitrogens with zero attached hydrogens (tertiary/aromatic N) is 2. The second-order valence-electron chi connectivity index (χ2n) is 9.01. The Bertz CT molecular complexity index is 1170. The molecule has 4 aliphatic rings. The van der Waals surface area contributed by atoms with E-state index >= 15 is 0 Å². The van der Waals surface area contributed by atoms with Crippen molar-refractivity contribution in [1.29, 1.82) is 0 Å². The van der Waals surface area contributed by atoms with Crippen LogP contribution in [0.1, 0.15) is 41.6 Å². The number of amides is 1. The van der Waals surface area contributed by atoms with Crippen molar-refractivity contribution >= 4 is 41.2 Å². The quantitative estimate of drug-likeness (QED) is 0.614. The van der Waals surface area contributed by atoms with E-state index in [1.165, 1.54) is 23.1 Å². The zero-order valence-corrected chi connectivity index (χ0v) is 18.4. The summed E-state index contributed by atoms with van der Waals surface area (Å²) in [4.78, 5) is 20.1. The Morgan fingerprint density at radius 2 is 2.12 bits per heavy atom. The molecule has 2 aromatic rings. The van der Waals surface area contributed by atoms with Gasteiger partial charge in [0.1, 0.15) is 17.1 Å². The second-order valence-corrected chi connectivity index (χ2v) is 9.83. The first-order chi connectivity index (χ1) is 15.5. The molecule has 2 aliphatic heterocycles. The average molecular weight is 450 g/mol. The van der Waals surface area contributed by atoms with E-state index in [2.05, 4.69) is 45.2 Å². The lowest BCUT2D eigenvalue weighted by atomic mass is 10.0. The van der Waals surface area contributed by atoms with E-state index in [1.54, 1.807) is 6.21 Å². The van der Waals surface area contributed by atoms with E-state index in [0.717, 1.165) is 36.2 Å². The van der Waals surface area contributed by atoms with Gasteiger partial charge in [0, 0.05) is 24.0 Å². The maximum Gasteiger partial charge on any atom is 0.408 e. The predicted molar refractivity (Wildman–Crippen MR) is 126 cm³/mol. The van der Waals surface area contributed by atoms with E-state index in [9.17, 15) is 4.79 Å². The first-order valence-corrected chi connectivity index (χ1v) is 11.4. The summed E-state index contributed by atoms with van der Waals surface area (Å²) in [6.07, 6.45) is 5.00. The number of aliphatic imine (C=N–C) groups is 2. The highest BCUT2D eigenvalue weighted by molar-refractivity contribution is 6.34. The number of nitrogens with one attached hydrogen (secondary N) is 3. The zero-order valence-electron chi connectivity index (χ0n) is 17.7. The van der Waals surface area contributed by atoms with Crippen LogP contribution >= 0.6 is 11.6 Å². The van der Waals surface area contributed by atoms with Crippen LogP contribution in [0.4, 0.5) is 16.2 Å². The molecule has 0 saturated carbocycles. The fourth-order valence-corrected chi connectivity index (χ4v) is 5.22. The predicted octanol–water partition coefficient (Wildman–Crippen LogP) is 4.17. The van der Waals surface area contributed by atoms with E-state index < -0.39 is 4.87 Å². The first kappa shape index (κ1) is 19.6. The Morgan fingerprint density at radius 1 is 1.22 bits per heavy atom. The van der Waals surface area contributed by atoms with Crippen LogP contribution in [0.25, 0.3) is 0 Å². The number of carbonyl (C=O) groups is 1. The van der Waals surface area contributed by atoms with Crippen molar-refractivity contribution in [2.45, 2.75) is 55.8 Å². The molecule has 1 amide bonds. The standard InChI is InChI=1S/C24H24ClN5O2/c1-24(25)12-26-22(30-21(24)28-18-7-3-5-13-4-2-6-16(13)18)27-15-9-8-14-10-19-20(17(14)11-15)29-23(31)32-19/h3,5,7-9,11-12,19-21,28H,2,4,6,10H2,1H3,(H,27,30)(H,29,31)/t19-,20+,21?,24?/m0/s1. The molecule has 3 N–H and O–H groups in total. The number of hydrogen-bond acceptors (Lipinski definition) is 6. The van der Waals surface area contributed by atoms with Gasteiger partial charge in [-0.15, -0.1) is 11.6 Å². The summed E-state index contributed by atoms with van der Waals surface area (Å²) < 4.78 is 5.34. The third-order valence-electron chi connectivity index (χ3n) is 6.73. The molecule has 6 rings (SSSR count). The second kappa shape index (κ2) is 7.24. The van der Waals surface area contributed by atoms with Crippen molar-refractivity contribution < 1.29 is 9.53 Å². The molecule has 4 atom stereocenters. The summed E-state index contributed by atoms with van der Waals surface area (Å²) in [5.74, 6) is 0.495. The van der Waals surface area contributed by atoms with Gasteiger partial charge in [0.25, 0.3) is 0 Å². The number of hydrogen-bond donors (Lipinski definition) is 3. The molecule has 7 nitrogen and oxygen atoms in total. The summed E-state index contributed by atoms with van der Waals surface area (Å²) >= 11 is 6.76. The van der Waals surface area contributed by atoms with E-state index in [4.69, 9.17) is 21.3 Å². The number of alkyl carbamates (subject to hydrolysis) is 1. The van der Waals surface area contributed by atoms with Crippen molar-refractivity contribution in [2.24, 2.45) is 9.98 Å². The average Bonchev–Trinajstić information content (AvgIpc) is 3.45. The highest BCUT2D eigenvalue weighted by Gasteiger charge is 2.42. The van der Waals surface area contributed by atoms with E-state index in [1.807, 2.05) is 19.1 Å². The minimum atomic E-state index is -0.747. The number of guanidine groups is 1. The van der Waals surface area contributed by atoms with Crippen molar-refractivity contribution in [2.75, 3.05) is 10.6 Å². The van der Waals surface area contributed by atoms with Gasteiger partial charge in [-0.25, -0.2) is 14.8 Å². The third kappa shape index (κ3) is 3.32. The fraction of sp³-hybridized carbons (Fsp3) is 0.375. The molecule has 0 radical (unpaired) electrons. The highest BCUT2D eigenvalue weighted by Crippen LogP contribution is 2.38. The van der Waals surface area contributed by atoms with Crippen molar-refractivity contribution in [3.8, 4) is 0 Å². The number of aryl methyl sites for hydroxylation is 1. The van der Waals surface area contributed by atoms with Gasteiger partial charge in [-0.1, -0.05) is 18.2 Å². The van der Waals surface area contributed by atoms with Crippen LogP contribution in [-0.4, -0.2) is 35.4 Å². The number of ether oxygens (including phenoxy) is 1. The summed E-state index contributed by atoms with van der Waals surface area (Å²) in [5, 5.41) is 9.75. The molecule has 2 aliphatic carbocycles. The fourth-order valence-electron chi connectivity index (χ4n) is 5.07. The van der Waals surface area contributed by atoms with Crippen LogP contribution in [0.2, 0.25) is 0 Å². The largest absolute Gasteiger partial charge is 0.443 e. The lowest BCUT2D eigenvalue weighted by molar-refractivity contribution is 0.136. The molecule has 1 saturated heterocycles. The van der Waals surface area contributed by atoms with Crippen LogP contribution < -0.4 is 16.0 Å². The minimum Gasteiger partial charge on any atom is -0.443 e. The van der Waals surface area contributed by atoms with E-state index in [-0.39, 0.29) is 24.4 Å². The van der Waals surface area contributed by atoms with Crippen molar-refractivity contribution in [1.82, 2.24) is 5.32 Å². The maximum absolute atomic E-state index is 11.6. The van der Waals surface area contributed by atoms with Gasteiger partial charge in [-0.2, -0.15) is 0 Å². The van der Waals surface area contributed by atoms with Gasteiger partial charge in [0.15, 0.2) is 0 Å². The molecule has 0 bridgehead atoms. The number of fused-ring (bicyclic) bond motifs is 4. The van der Waals surface area contributed by atoms with Crippen LogP contribution in [-0.2, 0) is 24.0 Å². The highest BCUT2D eigenvalue weighted by atomic mass is 35.5. The molecular formula is C24H24ClN5O2. The SMILES string of the molecule is CC1(Cl)C=NC(Nc2ccc3c(c2)[C@H]2NC(=O)O[C@H]2C3)=NC1Nc1cccc2c1CCC2. The first-order valence-electron chi connectivity index (χ1n) is 11.0. The van der Waals surface area contributed by atoms with Crippen LogP contribution in [0, 0.1) is 0 Å². The molecule has 0 spiro atoms. The van der Waals surface area contributed by atoms with Crippen LogP contribution in [0.3, 0.4) is 0 Å². The Balaban J connectivity index is 1.24. The van der Waals surface area contributed by atoms with Gasteiger partial charge >= 0.3 is 6.09 Å². The summed E-state index contributed by atoms with van der Waals surface area (Å²) in [5.41, 5.74) is 6.97. The van der Waals surface area contributed by atoms with E-state index in [0.29, 0.717) is 5.96 Å². The number of alkyl halides is 1. The van der Waals surface area contributed by atoms with Crippen molar-refractivity contribution in [3.05, 3.63) is 58.7 Å². The number of halogens is 1. The Morgan fingerprint density at radius 3 is 3.03 bits per heavy atom. The molecule has 8 heteroatoms. The smallest absolute Gasteiger partial charge is 0.408 e. The molecule has 1 fully saturated rings. The van der Waals surface area contributed by atoms with Crippen LogP contribution in [0.15, 0.2) is 46.4 Å². The molecule has 2 heterocycles. The third-order valence-corrected chi connectivity index (χ3v) is 7.03. The lowest BCUT2D eigenvalue weighted by Crippen LogP contribution is -2.44. The molecule has 0 aromatic heterocycles. The molecule has 164 valence electrons. The molecule has 2 unspecified atom stereocenters. The normalized spacial score (nSPS) is 29.5. The number of carbonyl (C=O) groups excluding carboxylic acids is 1.